The number of nitriles is 1. The maximum Gasteiger partial charge on any atom is 0.137 e. The van der Waals surface area contributed by atoms with Crippen molar-refractivity contribution >= 4 is 11.5 Å². The summed E-state index contributed by atoms with van der Waals surface area (Å²) in [6, 6.07) is 12.8. The number of imidazole rings is 1. The van der Waals surface area contributed by atoms with E-state index in [4.69, 9.17) is 10.2 Å². The fourth-order valence-corrected chi connectivity index (χ4v) is 3.48. The van der Waals surface area contributed by atoms with Gasteiger partial charge in [0.15, 0.2) is 0 Å². The lowest BCUT2D eigenvalue weighted by molar-refractivity contribution is 0.274. The summed E-state index contributed by atoms with van der Waals surface area (Å²) in [5.41, 5.74) is 3.14. The van der Waals surface area contributed by atoms with Gasteiger partial charge in [-0.25, -0.2) is 9.97 Å². The minimum atomic E-state index is 0.424. The van der Waals surface area contributed by atoms with Crippen molar-refractivity contribution in [2.24, 2.45) is 0 Å². The van der Waals surface area contributed by atoms with Gasteiger partial charge < -0.3 is 5.32 Å². The van der Waals surface area contributed by atoms with Crippen LogP contribution in [-0.2, 0) is 0 Å². The molecule has 1 aliphatic heterocycles. The number of fused-ring (bicyclic) bond motifs is 1. The average molecular weight is 346 g/mol. The van der Waals surface area contributed by atoms with E-state index in [1.807, 2.05) is 28.7 Å². The third kappa shape index (κ3) is 3.14. The van der Waals surface area contributed by atoms with Crippen molar-refractivity contribution in [3.05, 3.63) is 48.3 Å². The van der Waals surface area contributed by atoms with Crippen molar-refractivity contribution in [2.75, 3.05) is 18.4 Å². The number of hydrogen-bond acceptors (Lipinski definition) is 5. The zero-order chi connectivity index (χ0) is 18.1. The summed E-state index contributed by atoms with van der Waals surface area (Å²) in [6.45, 7) is 6.65. The van der Waals surface area contributed by atoms with Gasteiger partial charge >= 0.3 is 0 Å². The van der Waals surface area contributed by atoms with Gasteiger partial charge in [-0.2, -0.15) is 5.26 Å². The molecule has 1 unspecified atom stereocenters. The smallest absolute Gasteiger partial charge is 0.137 e. The van der Waals surface area contributed by atoms with Crippen LogP contribution in [0.5, 0.6) is 0 Å². The molecule has 3 aromatic rings. The molecule has 132 valence electrons. The Balaban J connectivity index is 1.60. The summed E-state index contributed by atoms with van der Waals surface area (Å²) in [4.78, 5) is 11.7. The van der Waals surface area contributed by atoms with Gasteiger partial charge in [0.05, 0.1) is 23.1 Å². The molecule has 0 bridgehead atoms. The molecule has 1 saturated heterocycles. The standard InChI is InChI=1S/C20H22N6/c1-14(2)25-9-8-16(13-25)23-19-5-3-4-17(24-19)18-11-22-20-7-6-15(10-21)12-26(18)20/h3-7,11-12,14,16H,8-9,13H2,1-2H3,(H,23,24). The maximum atomic E-state index is 9.15. The van der Waals surface area contributed by atoms with Crippen LogP contribution in [0.3, 0.4) is 0 Å². The molecule has 4 rings (SSSR count). The maximum absolute atomic E-state index is 9.15. The van der Waals surface area contributed by atoms with E-state index in [-0.39, 0.29) is 0 Å². The fraction of sp³-hybridized carbons (Fsp3) is 0.350. The number of anilines is 1. The van der Waals surface area contributed by atoms with Gasteiger partial charge in [0.25, 0.3) is 0 Å². The van der Waals surface area contributed by atoms with E-state index in [0.717, 1.165) is 42.4 Å². The first-order valence-corrected chi connectivity index (χ1v) is 8.99. The topological polar surface area (TPSA) is 69.2 Å². The second-order valence-electron chi connectivity index (χ2n) is 7.03. The first kappa shape index (κ1) is 16.6. The molecule has 0 aliphatic carbocycles. The molecule has 1 aliphatic rings. The molecule has 1 fully saturated rings. The third-order valence-electron chi connectivity index (χ3n) is 4.95. The van der Waals surface area contributed by atoms with Crippen molar-refractivity contribution < 1.29 is 0 Å². The molecule has 6 nitrogen and oxygen atoms in total. The molecule has 0 spiro atoms. The SMILES string of the molecule is CC(C)N1CCC(Nc2cccc(-c3cnc4ccc(C#N)cn34)n2)C1. The highest BCUT2D eigenvalue weighted by Crippen LogP contribution is 2.22. The molecule has 0 amide bonds. The van der Waals surface area contributed by atoms with Gasteiger partial charge in [0.2, 0.25) is 0 Å². The lowest BCUT2D eigenvalue weighted by Crippen LogP contribution is -2.31. The van der Waals surface area contributed by atoms with Gasteiger partial charge in [-0.3, -0.25) is 9.30 Å². The predicted octanol–water partition coefficient (Wildman–Crippen LogP) is 3.16. The highest BCUT2D eigenvalue weighted by molar-refractivity contribution is 5.62. The first-order chi connectivity index (χ1) is 12.6. The normalized spacial score (nSPS) is 17.7. The van der Waals surface area contributed by atoms with Gasteiger partial charge in [-0.05, 0) is 44.5 Å². The molecule has 4 heterocycles. The van der Waals surface area contributed by atoms with Crippen LogP contribution in [0.25, 0.3) is 17.0 Å². The van der Waals surface area contributed by atoms with E-state index in [1.165, 1.54) is 0 Å². The summed E-state index contributed by atoms with van der Waals surface area (Å²) < 4.78 is 1.92. The van der Waals surface area contributed by atoms with Gasteiger partial charge in [-0.1, -0.05) is 6.07 Å². The van der Waals surface area contributed by atoms with Crippen molar-refractivity contribution in [3.63, 3.8) is 0 Å². The number of nitrogens with one attached hydrogen (secondary N) is 1. The Morgan fingerprint density at radius 1 is 1.27 bits per heavy atom. The zero-order valence-corrected chi connectivity index (χ0v) is 15.1. The largest absolute Gasteiger partial charge is 0.366 e. The Morgan fingerprint density at radius 2 is 2.15 bits per heavy atom. The van der Waals surface area contributed by atoms with Crippen molar-refractivity contribution in [1.29, 1.82) is 5.26 Å². The second kappa shape index (κ2) is 6.77. The molecule has 0 radical (unpaired) electrons. The highest BCUT2D eigenvalue weighted by atomic mass is 15.2. The van der Waals surface area contributed by atoms with Crippen LogP contribution in [0.2, 0.25) is 0 Å². The van der Waals surface area contributed by atoms with E-state index in [0.29, 0.717) is 17.6 Å². The van der Waals surface area contributed by atoms with E-state index in [2.05, 4.69) is 35.1 Å². The van der Waals surface area contributed by atoms with Gasteiger partial charge in [0.1, 0.15) is 17.5 Å². The van der Waals surface area contributed by atoms with E-state index < -0.39 is 0 Å². The van der Waals surface area contributed by atoms with Crippen molar-refractivity contribution in [1.82, 2.24) is 19.3 Å². The molecular weight excluding hydrogens is 324 g/mol. The van der Waals surface area contributed by atoms with Crippen LogP contribution in [-0.4, -0.2) is 44.4 Å². The summed E-state index contributed by atoms with van der Waals surface area (Å²) >= 11 is 0. The number of aromatic nitrogens is 3. The quantitative estimate of drug-likeness (QED) is 0.786. The highest BCUT2D eigenvalue weighted by Gasteiger charge is 2.24. The van der Waals surface area contributed by atoms with Gasteiger partial charge in [0, 0.05) is 31.4 Å². The van der Waals surface area contributed by atoms with Crippen molar-refractivity contribution in [3.8, 4) is 17.5 Å². The number of rotatable bonds is 4. The Bertz CT molecular complexity index is 968. The predicted molar refractivity (Wildman–Crippen MR) is 102 cm³/mol. The van der Waals surface area contributed by atoms with Crippen LogP contribution in [0, 0.1) is 11.3 Å². The minimum Gasteiger partial charge on any atom is -0.366 e. The second-order valence-corrected chi connectivity index (χ2v) is 7.03. The number of nitrogens with zero attached hydrogens (tertiary/aromatic N) is 5. The van der Waals surface area contributed by atoms with Crippen LogP contribution in [0.1, 0.15) is 25.8 Å². The van der Waals surface area contributed by atoms with Crippen LogP contribution < -0.4 is 5.32 Å². The molecule has 1 N–H and O–H groups in total. The van der Waals surface area contributed by atoms with Crippen LogP contribution in [0.4, 0.5) is 5.82 Å². The number of pyridine rings is 2. The lowest BCUT2D eigenvalue weighted by Gasteiger charge is -2.20. The molecule has 6 heteroatoms. The zero-order valence-electron chi connectivity index (χ0n) is 15.1. The molecule has 26 heavy (non-hydrogen) atoms. The van der Waals surface area contributed by atoms with Gasteiger partial charge in [-0.15, -0.1) is 0 Å². The summed E-state index contributed by atoms with van der Waals surface area (Å²) in [6.07, 6.45) is 4.74. The molecule has 1 atom stereocenters. The van der Waals surface area contributed by atoms with Crippen LogP contribution >= 0.6 is 0 Å². The lowest BCUT2D eigenvalue weighted by atomic mass is 10.2. The Hall–Kier alpha value is -2.91. The first-order valence-electron chi connectivity index (χ1n) is 8.99. The molecule has 0 saturated carbocycles. The minimum absolute atomic E-state index is 0.424. The number of hydrogen-bond donors (Lipinski definition) is 1. The Labute approximate surface area is 153 Å². The summed E-state index contributed by atoms with van der Waals surface area (Å²) in [7, 11) is 0. The fourth-order valence-electron chi connectivity index (χ4n) is 3.48. The summed E-state index contributed by atoms with van der Waals surface area (Å²) in [5.74, 6) is 0.879. The molecule has 3 aromatic heterocycles. The van der Waals surface area contributed by atoms with Crippen molar-refractivity contribution in [2.45, 2.75) is 32.4 Å². The number of likely N-dealkylation sites (tertiary alicyclic amines) is 1. The Morgan fingerprint density at radius 3 is 2.92 bits per heavy atom. The van der Waals surface area contributed by atoms with Crippen LogP contribution in [0.15, 0.2) is 42.7 Å². The van der Waals surface area contributed by atoms with E-state index in [1.54, 1.807) is 18.5 Å². The third-order valence-corrected chi connectivity index (χ3v) is 4.95. The Kier molecular flexibility index (Phi) is 4.31. The molecule has 0 aromatic carbocycles. The van der Waals surface area contributed by atoms with E-state index >= 15 is 0 Å². The average Bonchev–Trinajstić information content (AvgIpc) is 3.28. The summed E-state index contributed by atoms with van der Waals surface area (Å²) in [5, 5.41) is 12.7. The molecular formula is C20H22N6. The van der Waals surface area contributed by atoms with E-state index in [9.17, 15) is 0 Å². The monoisotopic (exact) mass is 346 g/mol.